The van der Waals surface area contributed by atoms with E-state index in [1.807, 2.05) is 42.5 Å². The van der Waals surface area contributed by atoms with Gasteiger partial charge in [-0.2, -0.15) is 4.39 Å². The molecule has 1 saturated heterocycles. The van der Waals surface area contributed by atoms with E-state index in [9.17, 15) is 4.39 Å². The molecule has 0 radical (unpaired) electrons. The molecular weight excluding hydrogens is 461 g/mol. The summed E-state index contributed by atoms with van der Waals surface area (Å²) in [4.78, 5) is 12.5. The molecule has 0 aliphatic carbocycles. The predicted octanol–water partition coefficient (Wildman–Crippen LogP) is 4.77. The molecule has 0 bridgehead atoms. The van der Waals surface area contributed by atoms with Crippen LogP contribution in [0.1, 0.15) is 13.8 Å². The number of halogens is 1. The lowest BCUT2D eigenvalue weighted by Gasteiger charge is -2.45. The predicted molar refractivity (Wildman–Crippen MR) is 141 cm³/mol. The first-order valence-corrected chi connectivity index (χ1v) is 12.0. The van der Waals surface area contributed by atoms with Crippen LogP contribution in [0.4, 0.5) is 15.9 Å². The number of pyridine rings is 2. The van der Waals surface area contributed by atoms with E-state index in [2.05, 4.69) is 49.1 Å². The van der Waals surface area contributed by atoms with Gasteiger partial charge >= 0.3 is 0 Å². The Morgan fingerprint density at radius 2 is 1.91 bits per heavy atom. The van der Waals surface area contributed by atoms with Crippen LogP contribution in [0.2, 0.25) is 0 Å². The zero-order valence-corrected chi connectivity index (χ0v) is 20.4. The molecule has 1 unspecified atom stereocenters. The van der Waals surface area contributed by atoms with Gasteiger partial charge in [-0.25, -0.2) is 4.98 Å². The Hall–Kier alpha value is -3.72. The Morgan fingerprint density at radius 1 is 1.03 bits per heavy atom. The average molecular weight is 488 g/mol. The lowest BCUT2D eigenvalue weighted by atomic mass is 10.00. The van der Waals surface area contributed by atoms with Gasteiger partial charge in [0.15, 0.2) is 10.9 Å². The van der Waals surface area contributed by atoms with E-state index in [-0.39, 0.29) is 6.04 Å². The SMILES string of the molecule is CC(C)C1CN(c2ccc(-c3ccnc(F)c3)nn2)CCN1C(=S)Nc1cccc2ncccc12. The molecule has 1 N–H and O–H groups in total. The normalized spacial score (nSPS) is 16.1. The minimum atomic E-state index is -0.534. The summed E-state index contributed by atoms with van der Waals surface area (Å²) in [6, 6.07) is 17.1. The second-order valence-corrected chi connectivity index (χ2v) is 9.29. The molecule has 0 spiro atoms. The molecule has 1 fully saturated rings. The van der Waals surface area contributed by atoms with E-state index in [4.69, 9.17) is 12.2 Å². The summed E-state index contributed by atoms with van der Waals surface area (Å²) in [6.07, 6.45) is 3.22. The maximum Gasteiger partial charge on any atom is 0.213 e. The summed E-state index contributed by atoms with van der Waals surface area (Å²) in [5.41, 5.74) is 3.16. The first-order valence-electron chi connectivity index (χ1n) is 11.6. The van der Waals surface area contributed by atoms with Gasteiger partial charge in [-0.05, 0) is 60.6 Å². The van der Waals surface area contributed by atoms with E-state index < -0.39 is 5.95 Å². The van der Waals surface area contributed by atoms with Gasteiger partial charge in [-0.15, -0.1) is 10.2 Å². The number of piperazine rings is 1. The molecule has 7 nitrogen and oxygen atoms in total. The maximum absolute atomic E-state index is 13.5. The van der Waals surface area contributed by atoms with Crippen LogP contribution in [-0.4, -0.2) is 55.9 Å². The van der Waals surface area contributed by atoms with Gasteiger partial charge in [0.25, 0.3) is 0 Å². The van der Waals surface area contributed by atoms with Crippen molar-refractivity contribution in [3.8, 4) is 11.3 Å². The van der Waals surface area contributed by atoms with Crippen molar-refractivity contribution >= 4 is 39.7 Å². The summed E-state index contributed by atoms with van der Waals surface area (Å²) in [5, 5.41) is 14.0. The van der Waals surface area contributed by atoms with Crippen molar-refractivity contribution in [3.05, 3.63) is 72.9 Å². The quantitative estimate of drug-likeness (QED) is 0.326. The lowest BCUT2D eigenvalue weighted by Crippen LogP contribution is -2.58. The van der Waals surface area contributed by atoms with Crippen molar-refractivity contribution in [1.29, 1.82) is 0 Å². The summed E-state index contributed by atoms with van der Waals surface area (Å²) in [7, 11) is 0. The fraction of sp³-hybridized carbons (Fsp3) is 0.269. The number of fused-ring (bicyclic) bond motifs is 1. The number of aromatic nitrogens is 4. The molecule has 4 heterocycles. The molecule has 9 heteroatoms. The first kappa shape index (κ1) is 23.0. The van der Waals surface area contributed by atoms with Gasteiger partial charge in [0.2, 0.25) is 5.95 Å². The molecule has 1 aliphatic heterocycles. The second kappa shape index (κ2) is 9.87. The van der Waals surface area contributed by atoms with Crippen LogP contribution in [0.3, 0.4) is 0 Å². The number of hydrogen-bond donors (Lipinski definition) is 1. The molecule has 5 rings (SSSR count). The van der Waals surface area contributed by atoms with Crippen molar-refractivity contribution in [1.82, 2.24) is 25.1 Å². The minimum Gasteiger partial charge on any atom is -0.351 e. The molecule has 3 aromatic heterocycles. The van der Waals surface area contributed by atoms with Crippen LogP contribution < -0.4 is 10.2 Å². The molecule has 0 amide bonds. The third-order valence-corrected chi connectivity index (χ3v) is 6.67. The molecule has 0 saturated carbocycles. The number of anilines is 2. The fourth-order valence-corrected chi connectivity index (χ4v) is 4.79. The van der Waals surface area contributed by atoms with Gasteiger partial charge in [-0.1, -0.05) is 19.9 Å². The van der Waals surface area contributed by atoms with Crippen molar-refractivity contribution in [2.24, 2.45) is 5.92 Å². The van der Waals surface area contributed by atoms with Crippen LogP contribution >= 0.6 is 12.2 Å². The van der Waals surface area contributed by atoms with Gasteiger partial charge < -0.3 is 15.1 Å². The van der Waals surface area contributed by atoms with Crippen molar-refractivity contribution < 1.29 is 4.39 Å². The largest absolute Gasteiger partial charge is 0.351 e. The number of hydrogen-bond acceptors (Lipinski definition) is 6. The average Bonchev–Trinajstić information content (AvgIpc) is 2.88. The molecule has 35 heavy (non-hydrogen) atoms. The Balaban J connectivity index is 1.31. The van der Waals surface area contributed by atoms with Crippen LogP contribution in [0.5, 0.6) is 0 Å². The van der Waals surface area contributed by atoms with Gasteiger partial charge in [-0.3, -0.25) is 4.98 Å². The molecule has 1 aromatic carbocycles. The van der Waals surface area contributed by atoms with E-state index in [0.717, 1.165) is 42.0 Å². The molecule has 1 atom stereocenters. The Bertz CT molecular complexity index is 1340. The highest BCUT2D eigenvalue weighted by molar-refractivity contribution is 7.80. The zero-order valence-electron chi connectivity index (χ0n) is 19.6. The number of nitrogens with zero attached hydrogens (tertiary/aromatic N) is 6. The number of benzene rings is 1. The summed E-state index contributed by atoms with van der Waals surface area (Å²) in [5.74, 6) is 0.639. The van der Waals surface area contributed by atoms with Crippen LogP contribution in [0.25, 0.3) is 22.2 Å². The summed E-state index contributed by atoms with van der Waals surface area (Å²) < 4.78 is 13.5. The van der Waals surface area contributed by atoms with Crippen LogP contribution in [-0.2, 0) is 0 Å². The Labute approximate surface area is 209 Å². The third-order valence-electron chi connectivity index (χ3n) is 6.33. The van der Waals surface area contributed by atoms with Crippen LogP contribution in [0, 0.1) is 11.9 Å². The smallest absolute Gasteiger partial charge is 0.213 e. The third kappa shape index (κ3) is 4.90. The topological polar surface area (TPSA) is 70.1 Å². The van der Waals surface area contributed by atoms with E-state index >= 15 is 0 Å². The van der Waals surface area contributed by atoms with Crippen molar-refractivity contribution in [2.45, 2.75) is 19.9 Å². The highest BCUT2D eigenvalue weighted by Crippen LogP contribution is 2.26. The molecule has 4 aromatic rings. The van der Waals surface area contributed by atoms with E-state index in [1.165, 1.54) is 12.3 Å². The Kier molecular flexibility index (Phi) is 6.50. The number of rotatable bonds is 4. The second-order valence-electron chi connectivity index (χ2n) is 8.90. The minimum absolute atomic E-state index is 0.202. The maximum atomic E-state index is 13.5. The summed E-state index contributed by atoms with van der Waals surface area (Å²) >= 11 is 5.86. The molecular formula is C26H26FN7S. The standard InChI is InChI=1S/C26H26FN7S/c1-17(2)23-16-33(25-9-8-20(31-32-25)18-10-12-29-24(27)15-18)13-14-34(23)26(35)30-22-7-3-6-21-19(22)5-4-11-28-21/h3-12,15,17,23H,13-14,16H2,1-2H3,(H,30,35). The number of nitrogens with one attached hydrogen (secondary N) is 1. The van der Waals surface area contributed by atoms with Crippen molar-refractivity contribution in [2.75, 3.05) is 29.9 Å². The number of thiocarbonyl (C=S) groups is 1. The van der Waals surface area contributed by atoms with Crippen molar-refractivity contribution in [3.63, 3.8) is 0 Å². The van der Waals surface area contributed by atoms with Gasteiger partial charge in [0.05, 0.1) is 17.3 Å². The van der Waals surface area contributed by atoms with E-state index in [1.54, 1.807) is 12.3 Å². The summed E-state index contributed by atoms with van der Waals surface area (Å²) in [6.45, 7) is 6.71. The van der Waals surface area contributed by atoms with E-state index in [0.29, 0.717) is 22.3 Å². The highest BCUT2D eigenvalue weighted by Gasteiger charge is 2.31. The first-order chi connectivity index (χ1) is 17.0. The molecule has 178 valence electrons. The Morgan fingerprint density at radius 3 is 2.69 bits per heavy atom. The van der Waals surface area contributed by atoms with Gasteiger partial charge in [0, 0.05) is 54.7 Å². The highest BCUT2D eigenvalue weighted by atomic mass is 32.1. The fourth-order valence-electron chi connectivity index (χ4n) is 4.45. The monoisotopic (exact) mass is 487 g/mol. The molecule has 1 aliphatic rings. The van der Waals surface area contributed by atoms with Crippen LogP contribution in [0.15, 0.2) is 67.0 Å². The zero-order chi connectivity index (χ0) is 24.4. The van der Waals surface area contributed by atoms with Gasteiger partial charge in [0.1, 0.15) is 0 Å². The lowest BCUT2D eigenvalue weighted by molar-refractivity contribution is 0.227.